The van der Waals surface area contributed by atoms with Gasteiger partial charge in [-0.2, -0.15) is 0 Å². The first kappa shape index (κ1) is 20.9. The van der Waals surface area contributed by atoms with Crippen LogP contribution >= 0.6 is 0 Å². The summed E-state index contributed by atoms with van der Waals surface area (Å²) in [6, 6.07) is 0. The lowest BCUT2D eigenvalue weighted by atomic mass is 10.3. The Hall–Kier alpha value is -3.82. The van der Waals surface area contributed by atoms with Gasteiger partial charge in [0.1, 0.15) is 0 Å². The van der Waals surface area contributed by atoms with Crippen LogP contribution in [0.2, 0.25) is 0 Å². The molecule has 0 spiro atoms. The molecule has 0 N–H and O–H groups in total. The molecule has 0 atom stereocenters. The molecule has 1 aliphatic heterocycles. The van der Waals surface area contributed by atoms with Gasteiger partial charge in [0.05, 0.1) is 24.8 Å². The van der Waals surface area contributed by atoms with Crippen molar-refractivity contribution in [3.63, 3.8) is 0 Å². The molecule has 1 fully saturated rings. The average molecular weight is 410 g/mol. The van der Waals surface area contributed by atoms with Gasteiger partial charge in [-0.05, 0) is 13.8 Å². The van der Waals surface area contributed by atoms with Gasteiger partial charge >= 0.3 is 11.9 Å². The fourth-order valence-corrected chi connectivity index (χ4v) is 2.55. The van der Waals surface area contributed by atoms with Gasteiger partial charge in [-0.25, -0.2) is 29.5 Å². The van der Waals surface area contributed by atoms with Crippen LogP contribution in [0.5, 0.6) is 11.5 Å². The summed E-state index contributed by atoms with van der Waals surface area (Å²) in [4.78, 5) is 44.2. The lowest BCUT2D eigenvalue weighted by molar-refractivity contribution is -0.131. The van der Waals surface area contributed by atoms with Crippen molar-refractivity contribution in [2.75, 3.05) is 36.0 Å². The lowest BCUT2D eigenvalue weighted by Crippen LogP contribution is -2.47. The molecule has 2 aromatic rings. The van der Waals surface area contributed by atoms with E-state index in [4.69, 9.17) is 9.47 Å². The van der Waals surface area contributed by atoms with E-state index in [9.17, 15) is 9.59 Å². The molecule has 0 aliphatic carbocycles. The van der Waals surface area contributed by atoms with Gasteiger partial charge in [0.2, 0.25) is 11.9 Å². The first-order valence-corrected chi connectivity index (χ1v) is 9.23. The van der Waals surface area contributed by atoms with Crippen LogP contribution < -0.4 is 19.3 Å². The molecule has 0 saturated carbocycles. The monoisotopic (exact) mass is 410 g/mol. The third-order valence-corrected chi connectivity index (χ3v) is 4.19. The van der Waals surface area contributed by atoms with Gasteiger partial charge in [0.15, 0.2) is 11.5 Å². The minimum atomic E-state index is -0.514. The summed E-state index contributed by atoms with van der Waals surface area (Å²) in [5, 5.41) is 0. The number of hydrogen-bond acceptors (Lipinski definition) is 10. The van der Waals surface area contributed by atoms with E-state index in [0.717, 1.165) is 0 Å². The van der Waals surface area contributed by atoms with E-state index in [2.05, 4.69) is 33.1 Å². The van der Waals surface area contributed by atoms with E-state index < -0.39 is 11.9 Å². The first-order valence-electron chi connectivity index (χ1n) is 9.23. The van der Waals surface area contributed by atoms with Crippen molar-refractivity contribution in [2.24, 2.45) is 0 Å². The molecule has 156 valence electrons. The van der Waals surface area contributed by atoms with Crippen LogP contribution in [0.1, 0.15) is 13.8 Å². The van der Waals surface area contributed by atoms with Crippen molar-refractivity contribution in [3.8, 4) is 11.5 Å². The number of esters is 2. The number of anilines is 2. The average Bonchev–Trinajstić information content (AvgIpc) is 2.75. The summed E-state index contributed by atoms with van der Waals surface area (Å²) in [5.41, 5.74) is 0.610. The molecule has 0 aromatic carbocycles. The van der Waals surface area contributed by atoms with E-state index >= 15 is 0 Å². The molecular weight excluding hydrogens is 388 g/mol. The predicted octanol–water partition coefficient (Wildman–Crippen LogP) is 1.56. The highest BCUT2D eigenvalue weighted by Gasteiger charge is 2.21. The minimum absolute atomic E-state index is 0.270. The summed E-state index contributed by atoms with van der Waals surface area (Å²) in [7, 11) is 0. The Labute approximate surface area is 173 Å². The molecule has 10 nitrogen and oxygen atoms in total. The van der Waals surface area contributed by atoms with Gasteiger partial charge in [-0.1, -0.05) is 13.2 Å². The van der Waals surface area contributed by atoms with Crippen LogP contribution in [0.4, 0.5) is 11.9 Å². The third-order valence-electron chi connectivity index (χ3n) is 4.19. The lowest BCUT2D eigenvalue weighted by Gasteiger charge is -2.34. The van der Waals surface area contributed by atoms with Crippen LogP contribution in [0.25, 0.3) is 0 Å². The van der Waals surface area contributed by atoms with E-state index in [1.165, 1.54) is 24.8 Å². The minimum Gasteiger partial charge on any atom is -0.420 e. The largest absolute Gasteiger partial charge is 0.420 e. The maximum absolute atomic E-state index is 11.5. The first-order chi connectivity index (χ1) is 14.3. The molecule has 30 heavy (non-hydrogen) atoms. The Balaban J connectivity index is 1.54. The zero-order valence-corrected chi connectivity index (χ0v) is 16.9. The Morgan fingerprint density at radius 1 is 0.733 bits per heavy atom. The van der Waals surface area contributed by atoms with E-state index in [-0.39, 0.29) is 11.5 Å². The van der Waals surface area contributed by atoms with Gasteiger partial charge in [0.25, 0.3) is 0 Å². The highest BCUT2D eigenvalue weighted by Crippen LogP contribution is 2.18. The zero-order chi connectivity index (χ0) is 21.7. The predicted molar refractivity (Wildman–Crippen MR) is 109 cm³/mol. The molecule has 1 saturated heterocycles. The van der Waals surface area contributed by atoms with Crippen LogP contribution in [0.15, 0.2) is 49.1 Å². The summed E-state index contributed by atoms with van der Waals surface area (Å²) in [6.07, 6.45) is 5.85. The standard InChI is InChI=1S/C20H22N6O4/c1-13(2)17(27)29-15-9-21-19(22-10-15)25-5-7-26(8-6-25)20-23-11-16(12-24-20)30-18(28)14(3)4/h9-12H,1,3,5-8H2,2,4H3. The summed E-state index contributed by atoms with van der Waals surface area (Å²) >= 11 is 0. The fraction of sp³-hybridized carbons (Fsp3) is 0.300. The number of rotatable bonds is 6. The maximum atomic E-state index is 11.5. The Kier molecular flexibility index (Phi) is 6.35. The number of carbonyl (C=O) groups excluding carboxylic acids is 2. The van der Waals surface area contributed by atoms with Crippen molar-refractivity contribution in [3.05, 3.63) is 49.1 Å². The number of ether oxygens (including phenoxy) is 2. The van der Waals surface area contributed by atoms with Crippen molar-refractivity contribution in [2.45, 2.75) is 13.8 Å². The van der Waals surface area contributed by atoms with Crippen molar-refractivity contribution in [1.82, 2.24) is 19.9 Å². The summed E-state index contributed by atoms with van der Waals surface area (Å²) < 4.78 is 10.2. The Morgan fingerprint density at radius 2 is 1.03 bits per heavy atom. The van der Waals surface area contributed by atoms with Gasteiger partial charge < -0.3 is 19.3 Å². The quantitative estimate of drug-likeness (QED) is 0.514. The van der Waals surface area contributed by atoms with Crippen LogP contribution in [-0.4, -0.2) is 58.1 Å². The smallest absolute Gasteiger partial charge is 0.338 e. The SMILES string of the molecule is C=C(C)C(=O)Oc1cnc(N2CCN(c3ncc(OC(=O)C(=C)C)cn3)CC2)nc1. The Bertz CT molecular complexity index is 871. The van der Waals surface area contributed by atoms with Gasteiger partial charge in [0, 0.05) is 37.3 Å². The third kappa shape index (κ3) is 5.16. The molecule has 0 amide bonds. The second-order valence-electron chi connectivity index (χ2n) is 6.75. The van der Waals surface area contributed by atoms with Crippen molar-refractivity contribution in [1.29, 1.82) is 0 Å². The molecule has 3 heterocycles. The number of hydrogen-bond donors (Lipinski definition) is 0. The van der Waals surface area contributed by atoms with Gasteiger partial charge in [-0.15, -0.1) is 0 Å². The Morgan fingerprint density at radius 3 is 1.30 bits per heavy atom. The normalized spacial score (nSPS) is 13.5. The number of carbonyl (C=O) groups is 2. The second-order valence-corrected chi connectivity index (χ2v) is 6.75. The molecule has 10 heteroatoms. The van der Waals surface area contributed by atoms with E-state index in [1.807, 2.05) is 9.80 Å². The highest BCUT2D eigenvalue weighted by atomic mass is 16.5. The second kappa shape index (κ2) is 9.12. The van der Waals surface area contributed by atoms with Gasteiger partial charge in [-0.3, -0.25) is 0 Å². The maximum Gasteiger partial charge on any atom is 0.338 e. The summed E-state index contributed by atoms with van der Waals surface area (Å²) in [5.74, 6) is 0.610. The number of aromatic nitrogens is 4. The number of nitrogens with zero attached hydrogens (tertiary/aromatic N) is 6. The zero-order valence-electron chi connectivity index (χ0n) is 16.9. The van der Waals surface area contributed by atoms with Crippen LogP contribution in [0, 0.1) is 0 Å². The van der Waals surface area contributed by atoms with E-state index in [0.29, 0.717) is 49.2 Å². The highest BCUT2D eigenvalue weighted by molar-refractivity contribution is 5.89. The molecular formula is C20H22N6O4. The summed E-state index contributed by atoms with van der Waals surface area (Å²) in [6.45, 7) is 12.9. The molecule has 0 radical (unpaired) electrons. The fourth-order valence-electron chi connectivity index (χ4n) is 2.55. The molecule has 3 rings (SSSR count). The van der Waals surface area contributed by atoms with E-state index in [1.54, 1.807) is 13.8 Å². The molecule has 0 bridgehead atoms. The molecule has 0 unspecified atom stereocenters. The molecule has 1 aliphatic rings. The topological polar surface area (TPSA) is 111 Å². The van der Waals surface area contributed by atoms with Crippen molar-refractivity contribution < 1.29 is 19.1 Å². The molecule has 2 aromatic heterocycles. The van der Waals surface area contributed by atoms with Crippen LogP contribution in [0.3, 0.4) is 0 Å². The number of piperazine rings is 1. The van der Waals surface area contributed by atoms with Crippen molar-refractivity contribution >= 4 is 23.8 Å². The van der Waals surface area contributed by atoms with Crippen LogP contribution in [-0.2, 0) is 9.59 Å².